The number of hydrogen-bond acceptors (Lipinski definition) is 4. The zero-order chi connectivity index (χ0) is 13.8. The molecule has 0 aliphatic heterocycles. The third kappa shape index (κ3) is 3.61. The number of nitrogens with zero attached hydrogens (tertiary/aromatic N) is 1. The SMILES string of the molecule is COc1ccc(NCc2cc(Br)c(O)c(Br)c2)cn1. The minimum absolute atomic E-state index is 0.204. The van der Waals surface area contributed by atoms with E-state index in [9.17, 15) is 5.11 Å². The van der Waals surface area contributed by atoms with Crippen molar-refractivity contribution < 1.29 is 9.84 Å². The van der Waals surface area contributed by atoms with Crippen molar-refractivity contribution in [3.8, 4) is 11.6 Å². The van der Waals surface area contributed by atoms with Crippen LogP contribution in [-0.4, -0.2) is 17.2 Å². The van der Waals surface area contributed by atoms with Gasteiger partial charge in [-0.2, -0.15) is 0 Å². The van der Waals surface area contributed by atoms with E-state index >= 15 is 0 Å². The Labute approximate surface area is 128 Å². The van der Waals surface area contributed by atoms with Crippen LogP contribution in [0.2, 0.25) is 0 Å². The van der Waals surface area contributed by atoms with Gasteiger partial charge in [0.25, 0.3) is 0 Å². The third-order valence-electron chi connectivity index (χ3n) is 2.52. The van der Waals surface area contributed by atoms with Crippen LogP contribution in [0.1, 0.15) is 5.56 Å². The molecule has 0 spiro atoms. The fourth-order valence-corrected chi connectivity index (χ4v) is 2.81. The van der Waals surface area contributed by atoms with Crippen molar-refractivity contribution in [3.05, 3.63) is 45.0 Å². The molecule has 2 rings (SSSR count). The smallest absolute Gasteiger partial charge is 0.213 e. The van der Waals surface area contributed by atoms with Crippen LogP contribution in [0.25, 0.3) is 0 Å². The molecule has 0 radical (unpaired) electrons. The van der Waals surface area contributed by atoms with Crippen molar-refractivity contribution in [2.75, 3.05) is 12.4 Å². The molecule has 0 atom stereocenters. The van der Waals surface area contributed by atoms with Gasteiger partial charge in [-0.1, -0.05) is 0 Å². The lowest BCUT2D eigenvalue weighted by Gasteiger charge is -2.09. The summed E-state index contributed by atoms with van der Waals surface area (Å²) in [5, 5.41) is 12.9. The number of benzene rings is 1. The van der Waals surface area contributed by atoms with Crippen molar-refractivity contribution in [3.63, 3.8) is 0 Å². The number of rotatable bonds is 4. The number of ether oxygens (including phenoxy) is 1. The normalized spacial score (nSPS) is 10.3. The quantitative estimate of drug-likeness (QED) is 0.834. The maximum atomic E-state index is 9.64. The van der Waals surface area contributed by atoms with Gasteiger partial charge in [-0.05, 0) is 55.6 Å². The molecule has 100 valence electrons. The van der Waals surface area contributed by atoms with Crippen LogP contribution in [-0.2, 0) is 6.54 Å². The van der Waals surface area contributed by atoms with Crippen LogP contribution in [0.4, 0.5) is 5.69 Å². The molecule has 19 heavy (non-hydrogen) atoms. The topological polar surface area (TPSA) is 54.4 Å². The van der Waals surface area contributed by atoms with E-state index in [0.717, 1.165) is 11.3 Å². The zero-order valence-corrected chi connectivity index (χ0v) is 13.3. The Morgan fingerprint density at radius 3 is 2.47 bits per heavy atom. The Balaban J connectivity index is 2.05. The summed E-state index contributed by atoms with van der Waals surface area (Å²) in [5.74, 6) is 0.788. The number of aromatic nitrogens is 1. The first kappa shape index (κ1) is 14.1. The lowest BCUT2D eigenvalue weighted by molar-refractivity contribution is 0.398. The monoisotopic (exact) mass is 386 g/mol. The minimum Gasteiger partial charge on any atom is -0.506 e. The van der Waals surface area contributed by atoms with Crippen LogP contribution in [0.15, 0.2) is 39.4 Å². The molecule has 0 fully saturated rings. The van der Waals surface area contributed by atoms with Crippen molar-refractivity contribution in [1.82, 2.24) is 4.98 Å². The van der Waals surface area contributed by atoms with E-state index in [2.05, 4.69) is 42.2 Å². The summed E-state index contributed by atoms with van der Waals surface area (Å²) in [6, 6.07) is 7.43. The van der Waals surface area contributed by atoms with Gasteiger partial charge in [0.2, 0.25) is 5.88 Å². The van der Waals surface area contributed by atoms with Gasteiger partial charge in [-0.15, -0.1) is 0 Å². The second-order valence-corrected chi connectivity index (χ2v) is 5.56. The van der Waals surface area contributed by atoms with E-state index in [1.807, 2.05) is 18.2 Å². The van der Waals surface area contributed by atoms with Gasteiger partial charge < -0.3 is 15.2 Å². The fourth-order valence-electron chi connectivity index (χ4n) is 1.53. The number of methoxy groups -OCH3 is 1. The number of nitrogens with one attached hydrogen (secondary N) is 1. The average molecular weight is 388 g/mol. The third-order valence-corrected chi connectivity index (χ3v) is 3.73. The molecular formula is C13H12Br2N2O2. The number of phenolic OH excluding ortho intramolecular Hbond substituents is 1. The summed E-state index contributed by atoms with van der Waals surface area (Å²) in [7, 11) is 1.58. The summed E-state index contributed by atoms with van der Waals surface area (Å²) in [4.78, 5) is 4.12. The molecule has 1 heterocycles. The predicted molar refractivity (Wildman–Crippen MR) is 81.6 cm³/mol. The van der Waals surface area contributed by atoms with Gasteiger partial charge in [-0.25, -0.2) is 4.98 Å². The van der Waals surface area contributed by atoms with E-state index in [1.54, 1.807) is 19.4 Å². The summed E-state index contributed by atoms with van der Waals surface area (Å²) in [6.07, 6.45) is 1.71. The molecular weight excluding hydrogens is 376 g/mol. The first-order chi connectivity index (χ1) is 9.10. The highest BCUT2D eigenvalue weighted by molar-refractivity contribution is 9.11. The molecule has 6 heteroatoms. The summed E-state index contributed by atoms with van der Waals surface area (Å²) >= 11 is 6.61. The lowest BCUT2D eigenvalue weighted by Crippen LogP contribution is -2.00. The Kier molecular flexibility index (Phi) is 4.66. The highest BCUT2D eigenvalue weighted by Gasteiger charge is 2.05. The highest BCUT2D eigenvalue weighted by Crippen LogP contribution is 2.33. The number of anilines is 1. The molecule has 0 aliphatic rings. The van der Waals surface area contributed by atoms with Crippen LogP contribution in [0, 0.1) is 0 Å². The number of hydrogen-bond donors (Lipinski definition) is 2. The van der Waals surface area contributed by atoms with E-state index < -0.39 is 0 Å². The van der Waals surface area contributed by atoms with Gasteiger partial charge in [0.1, 0.15) is 5.75 Å². The Morgan fingerprint density at radius 1 is 1.26 bits per heavy atom. The molecule has 2 N–H and O–H groups in total. The average Bonchev–Trinajstić information content (AvgIpc) is 2.43. The number of aromatic hydroxyl groups is 1. The van der Waals surface area contributed by atoms with Crippen molar-refractivity contribution >= 4 is 37.5 Å². The molecule has 0 bridgehead atoms. The highest BCUT2D eigenvalue weighted by atomic mass is 79.9. The number of phenols is 1. The number of pyridine rings is 1. The minimum atomic E-state index is 0.204. The maximum Gasteiger partial charge on any atom is 0.213 e. The summed E-state index contributed by atoms with van der Waals surface area (Å²) in [6.45, 7) is 0.630. The van der Waals surface area contributed by atoms with E-state index in [1.165, 1.54) is 0 Å². The molecule has 0 aliphatic carbocycles. The first-order valence-corrected chi connectivity index (χ1v) is 7.09. The predicted octanol–water partition coefficient (Wildman–Crippen LogP) is 3.93. The zero-order valence-electron chi connectivity index (χ0n) is 10.2. The van der Waals surface area contributed by atoms with Crippen LogP contribution >= 0.6 is 31.9 Å². The molecule has 1 aromatic heterocycles. The van der Waals surface area contributed by atoms with Gasteiger partial charge in [0.15, 0.2) is 0 Å². The first-order valence-electron chi connectivity index (χ1n) is 5.51. The lowest BCUT2D eigenvalue weighted by atomic mass is 10.2. The van der Waals surface area contributed by atoms with Crippen molar-refractivity contribution in [2.24, 2.45) is 0 Å². The van der Waals surface area contributed by atoms with E-state index in [4.69, 9.17) is 4.74 Å². The van der Waals surface area contributed by atoms with E-state index in [0.29, 0.717) is 21.4 Å². The Morgan fingerprint density at radius 2 is 1.95 bits per heavy atom. The second kappa shape index (κ2) is 6.25. The van der Waals surface area contributed by atoms with Crippen molar-refractivity contribution in [1.29, 1.82) is 0 Å². The molecule has 1 aromatic carbocycles. The molecule has 4 nitrogen and oxygen atoms in total. The van der Waals surface area contributed by atoms with Crippen molar-refractivity contribution in [2.45, 2.75) is 6.54 Å². The van der Waals surface area contributed by atoms with Crippen LogP contribution in [0.3, 0.4) is 0 Å². The molecule has 0 unspecified atom stereocenters. The molecule has 0 saturated heterocycles. The Hall–Kier alpha value is -1.27. The van der Waals surface area contributed by atoms with Gasteiger partial charge in [0, 0.05) is 12.6 Å². The van der Waals surface area contributed by atoms with Crippen LogP contribution in [0.5, 0.6) is 11.6 Å². The van der Waals surface area contributed by atoms with Gasteiger partial charge >= 0.3 is 0 Å². The largest absolute Gasteiger partial charge is 0.506 e. The maximum absolute atomic E-state index is 9.64. The second-order valence-electron chi connectivity index (χ2n) is 3.85. The van der Waals surface area contributed by atoms with Gasteiger partial charge in [-0.3, -0.25) is 0 Å². The van der Waals surface area contributed by atoms with E-state index in [-0.39, 0.29) is 5.75 Å². The van der Waals surface area contributed by atoms with Crippen LogP contribution < -0.4 is 10.1 Å². The number of halogens is 2. The standard InChI is InChI=1S/C13H12Br2N2O2/c1-19-12-3-2-9(7-17-12)16-6-8-4-10(14)13(18)11(15)5-8/h2-5,7,16,18H,6H2,1H3. The molecule has 0 saturated carbocycles. The molecule has 2 aromatic rings. The summed E-state index contributed by atoms with van der Waals surface area (Å²) < 4.78 is 6.32. The Bertz CT molecular complexity index is 550. The summed E-state index contributed by atoms with van der Waals surface area (Å²) in [5.41, 5.74) is 1.94. The van der Waals surface area contributed by atoms with Gasteiger partial charge in [0.05, 0.1) is 27.9 Å². The fraction of sp³-hybridized carbons (Fsp3) is 0.154. The molecule has 0 amide bonds.